The van der Waals surface area contributed by atoms with Crippen molar-refractivity contribution in [1.29, 1.82) is 0 Å². The van der Waals surface area contributed by atoms with Crippen LogP contribution in [0.2, 0.25) is 0 Å². The smallest absolute Gasteiger partial charge is 0.0963 e. The molecule has 2 unspecified atom stereocenters. The lowest BCUT2D eigenvalue weighted by Gasteiger charge is -2.58. The number of ether oxygens (including phenoxy) is 1. The van der Waals surface area contributed by atoms with Gasteiger partial charge in [-0.1, -0.05) is 6.92 Å². The van der Waals surface area contributed by atoms with Crippen LogP contribution >= 0.6 is 12.6 Å². The predicted molar refractivity (Wildman–Crippen MR) is 48.2 cm³/mol. The van der Waals surface area contributed by atoms with E-state index < -0.39 is 0 Å². The van der Waals surface area contributed by atoms with Crippen LogP contribution < -0.4 is 0 Å². The molecule has 2 rings (SSSR count). The molecule has 0 radical (unpaired) electrons. The largest absolute Gasteiger partial charge is 0.368 e. The summed E-state index contributed by atoms with van der Waals surface area (Å²) in [5.74, 6) is 0. The normalized spacial score (nSPS) is 37.9. The first-order valence-electron chi connectivity index (χ1n) is 4.16. The summed E-state index contributed by atoms with van der Waals surface area (Å²) >= 11 is 4.35. The molecule has 11 heavy (non-hydrogen) atoms. The van der Waals surface area contributed by atoms with Crippen LogP contribution in [0.25, 0.3) is 0 Å². The van der Waals surface area contributed by atoms with Crippen molar-refractivity contribution in [3.05, 3.63) is 0 Å². The molecule has 0 bridgehead atoms. The van der Waals surface area contributed by atoms with Gasteiger partial charge in [0.1, 0.15) is 0 Å². The van der Waals surface area contributed by atoms with E-state index in [0.29, 0.717) is 11.4 Å². The van der Waals surface area contributed by atoms with Gasteiger partial charge in [0.05, 0.1) is 11.7 Å². The van der Waals surface area contributed by atoms with Gasteiger partial charge in [-0.25, -0.2) is 0 Å². The maximum atomic E-state index is 5.78. The van der Waals surface area contributed by atoms with Crippen molar-refractivity contribution in [2.45, 2.75) is 30.3 Å². The van der Waals surface area contributed by atoms with E-state index in [1.54, 1.807) is 0 Å². The molecule has 0 aromatic carbocycles. The van der Waals surface area contributed by atoms with E-state index in [0.717, 1.165) is 13.1 Å². The lowest BCUT2D eigenvalue weighted by molar-refractivity contribution is -0.258. The Kier molecular flexibility index (Phi) is 1.71. The van der Waals surface area contributed by atoms with Crippen LogP contribution in [0.5, 0.6) is 0 Å². The summed E-state index contributed by atoms with van der Waals surface area (Å²) in [6.07, 6.45) is 1.62. The van der Waals surface area contributed by atoms with Crippen LogP contribution in [0.3, 0.4) is 0 Å². The third kappa shape index (κ3) is 1.19. The number of likely N-dealkylation sites (N-methyl/N-ethyl adjacent to an activating group) is 1. The van der Waals surface area contributed by atoms with Crippen LogP contribution in [0.15, 0.2) is 0 Å². The Morgan fingerprint density at radius 3 is 2.55 bits per heavy atom. The van der Waals surface area contributed by atoms with Crippen molar-refractivity contribution < 1.29 is 4.74 Å². The molecule has 0 aromatic heterocycles. The van der Waals surface area contributed by atoms with E-state index in [9.17, 15) is 0 Å². The molecule has 0 aliphatic carbocycles. The summed E-state index contributed by atoms with van der Waals surface area (Å²) in [6, 6.07) is 0. The Bertz CT molecular complexity index is 157. The second-order valence-electron chi connectivity index (χ2n) is 3.96. The highest BCUT2D eigenvalue weighted by Gasteiger charge is 2.53. The molecular formula is C8H15NOS. The Hall–Kier alpha value is 0.270. The minimum absolute atomic E-state index is 0.246. The van der Waals surface area contributed by atoms with Crippen LogP contribution in [-0.2, 0) is 4.74 Å². The number of rotatable bonds is 1. The van der Waals surface area contributed by atoms with Crippen LogP contribution in [0.1, 0.15) is 13.3 Å². The molecule has 2 heterocycles. The van der Waals surface area contributed by atoms with E-state index >= 15 is 0 Å². The average Bonchev–Trinajstić information content (AvgIpc) is 1.73. The maximum absolute atomic E-state index is 5.78. The molecule has 3 heteroatoms. The van der Waals surface area contributed by atoms with Gasteiger partial charge in [-0.2, -0.15) is 12.6 Å². The lowest BCUT2D eigenvalue weighted by Crippen LogP contribution is -2.70. The molecule has 0 N–H and O–H groups in total. The standard InChI is InChI=1S/C8H15NOS/c1-6(11)7-3-8(10-7)4-9(2)5-8/h6-7,11H,3-5H2,1-2H3. The quantitative estimate of drug-likeness (QED) is 0.588. The Morgan fingerprint density at radius 2 is 2.18 bits per heavy atom. The molecule has 2 fully saturated rings. The van der Waals surface area contributed by atoms with Gasteiger partial charge < -0.3 is 9.64 Å². The third-order valence-corrected chi connectivity index (χ3v) is 2.96. The molecule has 2 saturated heterocycles. The molecule has 2 atom stereocenters. The highest BCUT2D eigenvalue weighted by Crippen LogP contribution is 2.41. The third-order valence-electron chi connectivity index (χ3n) is 2.63. The minimum atomic E-state index is 0.246. The molecule has 64 valence electrons. The van der Waals surface area contributed by atoms with Gasteiger partial charge in [-0.3, -0.25) is 0 Å². The Labute approximate surface area is 73.3 Å². The van der Waals surface area contributed by atoms with Crippen molar-refractivity contribution in [3.63, 3.8) is 0 Å². The monoisotopic (exact) mass is 173 g/mol. The van der Waals surface area contributed by atoms with Crippen LogP contribution in [0.4, 0.5) is 0 Å². The molecule has 0 saturated carbocycles. The fraction of sp³-hybridized carbons (Fsp3) is 1.00. The van der Waals surface area contributed by atoms with Gasteiger partial charge in [0.25, 0.3) is 0 Å². The minimum Gasteiger partial charge on any atom is -0.368 e. The highest BCUT2D eigenvalue weighted by molar-refractivity contribution is 7.81. The van der Waals surface area contributed by atoms with E-state index in [-0.39, 0.29) is 5.60 Å². The van der Waals surface area contributed by atoms with Crippen molar-refractivity contribution >= 4 is 12.6 Å². The van der Waals surface area contributed by atoms with E-state index in [4.69, 9.17) is 4.74 Å². The second kappa shape index (κ2) is 2.38. The first-order chi connectivity index (χ1) is 5.11. The zero-order valence-corrected chi connectivity index (χ0v) is 7.97. The fourth-order valence-corrected chi connectivity index (χ4v) is 2.25. The molecule has 0 aromatic rings. The van der Waals surface area contributed by atoms with Gasteiger partial charge in [0, 0.05) is 24.8 Å². The summed E-state index contributed by atoms with van der Waals surface area (Å²) in [4.78, 5) is 2.29. The molecule has 0 amide bonds. The van der Waals surface area contributed by atoms with Gasteiger partial charge in [0.15, 0.2) is 0 Å². The summed E-state index contributed by atoms with van der Waals surface area (Å²) in [7, 11) is 2.13. The number of likely N-dealkylation sites (tertiary alicyclic amines) is 1. The number of hydrogen-bond acceptors (Lipinski definition) is 3. The number of nitrogens with zero attached hydrogens (tertiary/aromatic N) is 1. The van der Waals surface area contributed by atoms with Gasteiger partial charge in [0.2, 0.25) is 0 Å². The second-order valence-corrected chi connectivity index (χ2v) is 4.77. The highest BCUT2D eigenvalue weighted by atomic mass is 32.1. The summed E-state index contributed by atoms with van der Waals surface area (Å²) < 4.78 is 5.78. The SMILES string of the molecule is CC(S)C1CC2(CN(C)C2)O1. The van der Waals surface area contributed by atoms with Crippen LogP contribution in [-0.4, -0.2) is 42.0 Å². The lowest BCUT2D eigenvalue weighted by atomic mass is 9.81. The zero-order valence-electron chi connectivity index (χ0n) is 7.08. The van der Waals surface area contributed by atoms with Crippen molar-refractivity contribution in [2.75, 3.05) is 20.1 Å². The molecule has 2 nitrogen and oxygen atoms in total. The molecular weight excluding hydrogens is 158 g/mol. The number of thiol groups is 1. The average molecular weight is 173 g/mol. The first kappa shape index (κ1) is 7.90. The summed E-state index contributed by atoms with van der Waals surface area (Å²) in [5.41, 5.74) is 0.246. The van der Waals surface area contributed by atoms with Crippen molar-refractivity contribution in [3.8, 4) is 0 Å². The van der Waals surface area contributed by atoms with Crippen molar-refractivity contribution in [2.24, 2.45) is 0 Å². The number of hydrogen-bond donors (Lipinski definition) is 1. The molecule has 1 spiro atoms. The Morgan fingerprint density at radius 1 is 1.64 bits per heavy atom. The van der Waals surface area contributed by atoms with E-state index in [2.05, 4.69) is 31.5 Å². The molecule has 2 aliphatic heterocycles. The first-order valence-corrected chi connectivity index (χ1v) is 4.67. The maximum Gasteiger partial charge on any atom is 0.0963 e. The Balaban J connectivity index is 1.80. The van der Waals surface area contributed by atoms with Crippen molar-refractivity contribution in [1.82, 2.24) is 4.90 Å². The predicted octanol–water partition coefficient (Wildman–Crippen LogP) is 0.778. The topological polar surface area (TPSA) is 12.5 Å². The zero-order chi connectivity index (χ0) is 8.06. The summed E-state index contributed by atoms with van der Waals surface area (Å²) in [6.45, 7) is 4.33. The van der Waals surface area contributed by atoms with Gasteiger partial charge in [-0.05, 0) is 7.05 Å². The summed E-state index contributed by atoms with van der Waals surface area (Å²) in [5, 5.41) is 0.395. The van der Waals surface area contributed by atoms with E-state index in [1.807, 2.05) is 0 Å². The van der Waals surface area contributed by atoms with Gasteiger partial charge >= 0.3 is 0 Å². The van der Waals surface area contributed by atoms with Crippen LogP contribution in [0, 0.1) is 0 Å². The molecule has 2 aliphatic rings. The van der Waals surface area contributed by atoms with Gasteiger partial charge in [-0.15, -0.1) is 0 Å². The van der Waals surface area contributed by atoms with E-state index in [1.165, 1.54) is 6.42 Å². The fourth-order valence-electron chi connectivity index (χ4n) is 2.09.